The zero-order valence-electron chi connectivity index (χ0n) is 15.6. The van der Waals surface area contributed by atoms with Crippen LogP contribution in [-0.2, 0) is 11.3 Å². The van der Waals surface area contributed by atoms with Gasteiger partial charge in [0.15, 0.2) is 0 Å². The Hall–Kier alpha value is -2.66. The second kappa shape index (κ2) is 9.88. The Morgan fingerprint density at radius 3 is 2.19 bits per heavy atom. The van der Waals surface area contributed by atoms with Crippen molar-refractivity contribution in [3.05, 3.63) is 65.7 Å². The fraction of sp³-hybridized carbons (Fsp3) is 0.364. The van der Waals surface area contributed by atoms with E-state index in [1.807, 2.05) is 30.3 Å². The molecular weight excluding hydrogens is 338 g/mol. The summed E-state index contributed by atoms with van der Waals surface area (Å²) in [6.45, 7) is 2.91. The SMILES string of the molecule is O=C(CN1CCCCCC1)Nc1ccc(C(=O)NCc2ccccc2)cc1. The third-order valence-corrected chi connectivity index (χ3v) is 4.79. The molecule has 3 rings (SSSR count). The van der Waals surface area contributed by atoms with Gasteiger partial charge in [0.1, 0.15) is 0 Å². The third kappa shape index (κ3) is 6.22. The second-order valence-corrected chi connectivity index (χ2v) is 6.98. The number of hydrogen-bond donors (Lipinski definition) is 2. The molecule has 5 heteroatoms. The molecule has 0 radical (unpaired) electrons. The van der Waals surface area contributed by atoms with Crippen molar-refractivity contribution in [3.63, 3.8) is 0 Å². The zero-order valence-corrected chi connectivity index (χ0v) is 15.6. The van der Waals surface area contributed by atoms with E-state index in [1.54, 1.807) is 24.3 Å². The predicted octanol–water partition coefficient (Wildman–Crippen LogP) is 3.43. The number of amides is 2. The molecule has 0 unspecified atom stereocenters. The van der Waals surface area contributed by atoms with Gasteiger partial charge in [-0.05, 0) is 55.8 Å². The van der Waals surface area contributed by atoms with Crippen LogP contribution in [0.15, 0.2) is 54.6 Å². The average molecular weight is 365 g/mol. The largest absolute Gasteiger partial charge is 0.348 e. The van der Waals surface area contributed by atoms with Crippen molar-refractivity contribution >= 4 is 17.5 Å². The third-order valence-electron chi connectivity index (χ3n) is 4.79. The van der Waals surface area contributed by atoms with E-state index in [2.05, 4.69) is 15.5 Å². The molecule has 1 aliphatic heterocycles. The number of carbonyl (C=O) groups is 2. The molecule has 1 saturated heterocycles. The van der Waals surface area contributed by atoms with Crippen LogP contribution in [0.25, 0.3) is 0 Å². The number of hydrogen-bond acceptors (Lipinski definition) is 3. The number of benzene rings is 2. The van der Waals surface area contributed by atoms with Gasteiger partial charge in [0, 0.05) is 17.8 Å². The van der Waals surface area contributed by atoms with Crippen molar-refractivity contribution in [1.82, 2.24) is 10.2 Å². The Balaban J connectivity index is 1.47. The van der Waals surface area contributed by atoms with Gasteiger partial charge in [-0.1, -0.05) is 43.2 Å². The van der Waals surface area contributed by atoms with Gasteiger partial charge in [-0.3, -0.25) is 14.5 Å². The number of nitrogens with zero attached hydrogens (tertiary/aromatic N) is 1. The Morgan fingerprint density at radius 1 is 0.852 bits per heavy atom. The first-order chi connectivity index (χ1) is 13.2. The van der Waals surface area contributed by atoms with Crippen molar-refractivity contribution in [2.45, 2.75) is 32.2 Å². The molecule has 0 aliphatic carbocycles. The van der Waals surface area contributed by atoms with Gasteiger partial charge in [0.2, 0.25) is 5.91 Å². The molecule has 0 aromatic heterocycles. The van der Waals surface area contributed by atoms with Gasteiger partial charge in [0.05, 0.1) is 6.54 Å². The Bertz CT molecular complexity index is 736. The summed E-state index contributed by atoms with van der Waals surface area (Å²) in [5.74, 6) is -0.125. The zero-order chi connectivity index (χ0) is 18.9. The standard InChI is InChI=1S/C22H27N3O2/c26-21(17-25-14-6-1-2-7-15-25)24-20-12-10-19(11-13-20)22(27)23-16-18-8-4-3-5-9-18/h3-5,8-13H,1-2,6-7,14-17H2,(H,23,27)(H,24,26). The van der Waals surface area contributed by atoms with Crippen LogP contribution >= 0.6 is 0 Å². The van der Waals surface area contributed by atoms with Crippen LogP contribution in [0.5, 0.6) is 0 Å². The highest BCUT2D eigenvalue weighted by Crippen LogP contribution is 2.12. The number of rotatable bonds is 6. The lowest BCUT2D eigenvalue weighted by Gasteiger charge is -2.19. The Kier molecular flexibility index (Phi) is 6.99. The first kappa shape index (κ1) is 19.1. The van der Waals surface area contributed by atoms with E-state index in [4.69, 9.17) is 0 Å². The smallest absolute Gasteiger partial charge is 0.251 e. The van der Waals surface area contributed by atoms with E-state index < -0.39 is 0 Å². The van der Waals surface area contributed by atoms with E-state index in [-0.39, 0.29) is 11.8 Å². The van der Waals surface area contributed by atoms with Crippen LogP contribution in [-0.4, -0.2) is 36.3 Å². The maximum Gasteiger partial charge on any atom is 0.251 e. The lowest BCUT2D eigenvalue weighted by atomic mass is 10.1. The summed E-state index contributed by atoms with van der Waals surface area (Å²) in [5, 5.41) is 5.82. The minimum absolute atomic E-state index is 0.00169. The van der Waals surface area contributed by atoms with Crippen molar-refractivity contribution in [2.24, 2.45) is 0 Å². The van der Waals surface area contributed by atoms with Gasteiger partial charge in [0.25, 0.3) is 5.91 Å². The Labute approximate surface area is 160 Å². The van der Waals surface area contributed by atoms with Gasteiger partial charge < -0.3 is 10.6 Å². The van der Waals surface area contributed by atoms with Gasteiger partial charge >= 0.3 is 0 Å². The lowest BCUT2D eigenvalue weighted by molar-refractivity contribution is -0.117. The molecule has 2 N–H and O–H groups in total. The van der Waals surface area contributed by atoms with E-state index in [1.165, 1.54) is 25.7 Å². The highest BCUT2D eigenvalue weighted by molar-refractivity contribution is 5.96. The fourth-order valence-corrected chi connectivity index (χ4v) is 3.28. The number of carbonyl (C=O) groups excluding carboxylic acids is 2. The number of nitrogens with one attached hydrogen (secondary N) is 2. The van der Waals surface area contributed by atoms with Gasteiger partial charge in [-0.25, -0.2) is 0 Å². The molecule has 1 aliphatic rings. The highest BCUT2D eigenvalue weighted by atomic mass is 16.2. The molecule has 142 valence electrons. The van der Waals surface area contributed by atoms with Crippen LogP contribution in [0.4, 0.5) is 5.69 Å². The predicted molar refractivity (Wildman–Crippen MR) is 108 cm³/mol. The first-order valence-electron chi connectivity index (χ1n) is 9.65. The summed E-state index contributed by atoms with van der Waals surface area (Å²) >= 11 is 0. The van der Waals surface area contributed by atoms with Crippen molar-refractivity contribution < 1.29 is 9.59 Å². The monoisotopic (exact) mass is 365 g/mol. The van der Waals surface area contributed by atoms with Crippen LogP contribution < -0.4 is 10.6 Å². The molecule has 2 aromatic carbocycles. The molecule has 0 bridgehead atoms. The maximum atomic E-state index is 12.2. The first-order valence-corrected chi connectivity index (χ1v) is 9.65. The van der Waals surface area contributed by atoms with Crippen molar-refractivity contribution in [2.75, 3.05) is 25.0 Å². The summed E-state index contributed by atoms with van der Waals surface area (Å²) in [7, 11) is 0. The van der Waals surface area contributed by atoms with Crippen molar-refractivity contribution in [3.8, 4) is 0 Å². The molecule has 0 saturated carbocycles. The van der Waals surface area contributed by atoms with Crippen LogP contribution in [0, 0.1) is 0 Å². The van der Waals surface area contributed by atoms with Crippen molar-refractivity contribution in [1.29, 1.82) is 0 Å². The minimum Gasteiger partial charge on any atom is -0.348 e. The molecular formula is C22H27N3O2. The number of likely N-dealkylation sites (tertiary alicyclic amines) is 1. The van der Waals surface area contributed by atoms with Crippen LogP contribution in [0.2, 0.25) is 0 Å². The molecule has 0 spiro atoms. The van der Waals surface area contributed by atoms with E-state index in [0.717, 1.165) is 24.3 Å². The molecule has 0 atom stereocenters. The second-order valence-electron chi connectivity index (χ2n) is 6.98. The molecule has 2 aromatic rings. The fourth-order valence-electron chi connectivity index (χ4n) is 3.28. The van der Waals surface area contributed by atoms with Gasteiger partial charge in [-0.15, -0.1) is 0 Å². The quantitative estimate of drug-likeness (QED) is 0.824. The minimum atomic E-state index is -0.124. The van der Waals surface area contributed by atoms with Gasteiger partial charge in [-0.2, -0.15) is 0 Å². The summed E-state index contributed by atoms with van der Waals surface area (Å²) in [5.41, 5.74) is 2.36. The van der Waals surface area contributed by atoms with E-state index >= 15 is 0 Å². The summed E-state index contributed by atoms with van der Waals surface area (Å²) in [6.07, 6.45) is 4.85. The summed E-state index contributed by atoms with van der Waals surface area (Å²) in [6, 6.07) is 16.8. The highest BCUT2D eigenvalue weighted by Gasteiger charge is 2.13. The lowest BCUT2D eigenvalue weighted by Crippen LogP contribution is -2.33. The topological polar surface area (TPSA) is 61.4 Å². The number of anilines is 1. The van der Waals surface area contributed by atoms with E-state index in [9.17, 15) is 9.59 Å². The molecule has 5 nitrogen and oxygen atoms in total. The average Bonchev–Trinajstić information content (AvgIpc) is 2.96. The van der Waals surface area contributed by atoms with Crippen LogP contribution in [0.1, 0.15) is 41.6 Å². The Morgan fingerprint density at radius 2 is 1.52 bits per heavy atom. The van der Waals surface area contributed by atoms with Crippen LogP contribution in [0.3, 0.4) is 0 Å². The molecule has 1 heterocycles. The summed E-state index contributed by atoms with van der Waals surface area (Å²) < 4.78 is 0. The summed E-state index contributed by atoms with van der Waals surface area (Å²) in [4.78, 5) is 26.7. The normalized spacial score (nSPS) is 15.0. The van der Waals surface area contributed by atoms with E-state index in [0.29, 0.717) is 18.7 Å². The maximum absolute atomic E-state index is 12.2. The molecule has 2 amide bonds. The molecule has 1 fully saturated rings. The molecule has 27 heavy (non-hydrogen) atoms.